The van der Waals surface area contributed by atoms with Gasteiger partial charge in [-0.1, -0.05) is 28.9 Å². The van der Waals surface area contributed by atoms with E-state index in [1.54, 1.807) is 18.3 Å². The maximum absolute atomic E-state index is 12.3. The second-order valence-corrected chi connectivity index (χ2v) is 5.63. The largest absolute Gasteiger partial charge is 0.370 e. The Balaban J connectivity index is 2.10. The number of carbonyl (C=O) groups excluding carboxylic acids is 1. The third kappa shape index (κ3) is 4.29. The van der Waals surface area contributed by atoms with Crippen LogP contribution in [0.2, 0.25) is 0 Å². The van der Waals surface area contributed by atoms with E-state index in [0.29, 0.717) is 5.56 Å². The molecule has 1 aromatic carbocycles. The number of anilines is 2. The van der Waals surface area contributed by atoms with Crippen LogP contribution in [0, 0.1) is 6.92 Å². The molecule has 0 unspecified atom stereocenters. The van der Waals surface area contributed by atoms with Gasteiger partial charge in [0, 0.05) is 28.5 Å². The highest BCUT2D eigenvalue weighted by atomic mass is 79.9. The minimum Gasteiger partial charge on any atom is -0.370 e. The lowest BCUT2D eigenvalue weighted by atomic mass is 10.2. The minimum absolute atomic E-state index is 0.146. The van der Waals surface area contributed by atoms with Crippen molar-refractivity contribution >= 4 is 33.3 Å². The summed E-state index contributed by atoms with van der Waals surface area (Å²) >= 11 is 3.46. The van der Waals surface area contributed by atoms with Crippen molar-refractivity contribution in [1.82, 2.24) is 4.98 Å². The fourth-order valence-electron chi connectivity index (χ4n) is 1.80. The fourth-order valence-corrected chi connectivity index (χ4v) is 2.17. The summed E-state index contributed by atoms with van der Waals surface area (Å²) in [6.07, 6.45) is 2.65. The Bertz CT molecular complexity index is 643. The molecule has 1 heterocycles. The highest BCUT2D eigenvalue weighted by molar-refractivity contribution is 9.10. The van der Waals surface area contributed by atoms with E-state index in [1.807, 2.05) is 25.1 Å². The lowest BCUT2D eigenvalue weighted by Gasteiger charge is -2.08. The summed E-state index contributed by atoms with van der Waals surface area (Å²) in [7, 11) is 0. The smallest absolute Gasteiger partial charge is 0.255 e. The summed E-state index contributed by atoms with van der Waals surface area (Å²) in [5.41, 5.74) is 2.47. The summed E-state index contributed by atoms with van der Waals surface area (Å²) in [5.74, 6) is 0.572. The van der Waals surface area contributed by atoms with Crippen molar-refractivity contribution in [2.24, 2.45) is 0 Å². The quantitative estimate of drug-likeness (QED) is 0.850. The van der Waals surface area contributed by atoms with Crippen LogP contribution in [0.5, 0.6) is 0 Å². The molecule has 21 heavy (non-hydrogen) atoms. The molecule has 2 rings (SSSR count). The van der Waals surface area contributed by atoms with E-state index in [0.717, 1.165) is 34.5 Å². The van der Waals surface area contributed by atoms with E-state index in [9.17, 15) is 4.79 Å². The Morgan fingerprint density at radius 1 is 1.29 bits per heavy atom. The van der Waals surface area contributed by atoms with E-state index in [4.69, 9.17) is 0 Å². The van der Waals surface area contributed by atoms with Crippen molar-refractivity contribution < 1.29 is 4.79 Å². The molecule has 0 saturated carbocycles. The first-order valence-electron chi connectivity index (χ1n) is 6.87. The topological polar surface area (TPSA) is 54.0 Å². The predicted octanol–water partition coefficient (Wildman–Crippen LogP) is 4.23. The lowest BCUT2D eigenvalue weighted by molar-refractivity contribution is 0.102. The molecule has 5 heteroatoms. The van der Waals surface area contributed by atoms with Crippen molar-refractivity contribution in [2.75, 3.05) is 17.2 Å². The molecule has 1 aromatic heterocycles. The minimum atomic E-state index is -0.146. The van der Waals surface area contributed by atoms with Gasteiger partial charge in [0.25, 0.3) is 5.91 Å². The Hall–Kier alpha value is -1.88. The number of aryl methyl sites for hydroxylation is 1. The number of aromatic nitrogens is 1. The van der Waals surface area contributed by atoms with Crippen LogP contribution in [0.1, 0.15) is 29.3 Å². The molecule has 0 aliphatic carbocycles. The highest BCUT2D eigenvalue weighted by Gasteiger charge is 2.08. The number of nitrogens with zero attached hydrogens (tertiary/aromatic N) is 1. The normalized spacial score (nSPS) is 10.2. The zero-order valence-electron chi connectivity index (χ0n) is 12.1. The van der Waals surface area contributed by atoms with E-state index < -0.39 is 0 Å². The van der Waals surface area contributed by atoms with Crippen LogP contribution in [0.15, 0.2) is 41.0 Å². The first-order valence-corrected chi connectivity index (χ1v) is 7.67. The average Bonchev–Trinajstić information content (AvgIpc) is 2.49. The highest BCUT2D eigenvalue weighted by Crippen LogP contribution is 2.21. The molecule has 0 aliphatic rings. The SMILES string of the molecule is CCCNc1cc(C(=O)Nc2ccc(C)c(Br)c2)ccn1. The first kappa shape index (κ1) is 15.5. The van der Waals surface area contributed by atoms with Crippen LogP contribution in [-0.2, 0) is 0 Å². The zero-order chi connectivity index (χ0) is 15.2. The number of halogens is 1. The summed E-state index contributed by atoms with van der Waals surface area (Å²) in [6, 6.07) is 9.20. The van der Waals surface area contributed by atoms with Crippen molar-refractivity contribution in [3.05, 3.63) is 52.1 Å². The van der Waals surface area contributed by atoms with E-state index in [2.05, 4.69) is 38.5 Å². The van der Waals surface area contributed by atoms with Gasteiger partial charge in [-0.2, -0.15) is 0 Å². The second kappa shape index (κ2) is 7.22. The van der Waals surface area contributed by atoms with Crippen LogP contribution in [0.3, 0.4) is 0 Å². The van der Waals surface area contributed by atoms with Crippen LogP contribution in [0.25, 0.3) is 0 Å². The summed E-state index contributed by atoms with van der Waals surface area (Å²) in [6.45, 7) is 4.92. The van der Waals surface area contributed by atoms with Gasteiger partial charge in [-0.3, -0.25) is 4.79 Å². The standard InChI is InChI=1S/C16H18BrN3O/c1-3-7-18-15-9-12(6-8-19-15)16(21)20-13-5-4-11(2)14(17)10-13/h4-6,8-10H,3,7H2,1-2H3,(H,18,19)(H,20,21). The van der Waals surface area contributed by atoms with Gasteiger partial charge in [0.15, 0.2) is 0 Å². The molecule has 4 nitrogen and oxygen atoms in total. The second-order valence-electron chi connectivity index (χ2n) is 4.77. The molecule has 0 saturated heterocycles. The number of pyridine rings is 1. The number of hydrogen-bond acceptors (Lipinski definition) is 3. The molecule has 0 fully saturated rings. The van der Waals surface area contributed by atoms with Gasteiger partial charge in [-0.15, -0.1) is 0 Å². The van der Waals surface area contributed by atoms with E-state index >= 15 is 0 Å². The van der Waals surface area contributed by atoms with Gasteiger partial charge in [-0.05, 0) is 43.2 Å². The Kier molecular flexibility index (Phi) is 5.33. The van der Waals surface area contributed by atoms with Crippen molar-refractivity contribution in [3.63, 3.8) is 0 Å². The van der Waals surface area contributed by atoms with Crippen LogP contribution in [0.4, 0.5) is 11.5 Å². The molecule has 0 bridgehead atoms. The van der Waals surface area contributed by atoms with Gasteiger partial charge in [0.1, 0.15) is 5.82 Å². The van der Waals surface area contributed by atoms with Crippen LogP contribution in [-0.4, -0.2) is 17.4 Å². The Labute approximate surface area is 133 Å². The Morgan fingerprint density at radius 3 is 2.81 bits per heavy atom. The number of nitrogens with one attached hydrogen (secondary N) is 2. The number of amides is 1. The molecular formula is C16H18BrN3O. The molecule has 2 N–H and O–H groups in total. The average molecular weight is 348 g/mol. The molecule has 0 aliphatic heterocycles. The van der Waals surface area contributed by atoms with Gasteiger partial charge in [-0.25, -0.2) is 4.98 Å². The molecule has 0 spiro atoms. The monoisotopic (exact) mass is 347 g/mol. The zero-order valence-corrected chi connectivity index (χ0v) is 13.7. The van der Waals surface area contributed by atoms with Crippen molar-refractivity contribution in [1.29, 1.82) is 0 Å². The molecule has 2 aromatic rings. The van der Waals surface area contributed by atoms with Gasteiger partial charge < -0.3 is 10.6 Å². The number of carbonyl (C=O) groups is 1. The Morgan fingerprint density at radius 2 is 2.10 bits per heavy atom. The summed E-state index contributed by atoms with van der Waals surface area (Å²) in [5, 5.41) is 6.06. The fraction of sp³-hybridized carbons (Fsp3) is 0.250. The van der Waals surface area contributed by atoms with E-state index in [1.165, 1.54) is 0 Å². The van der Waals surface area contributed by atoms with Gasteiger partial charge in [0.05, 0.1) is 0 Å². The molecule has 1 amide bonds. The number of benzene rings is 1. The summed E-state index contributed by atoms with van der Waals surface area (Å²) in [4.78, 5) is 16.4. The third-order valence-electron chi connectivity index (χ3n) is 3.01. The van der Waals surface area contributed by atoms with Crippen molar-refractivity contribution in [3.8, 4) is 0 Å². The van der Waals surface area contributed by atoms with Gasteiger partial charge in [0.2, 0.25) is 0 Å². The van der Waals surface area contributed by atoms with Crippen LogP contribution < -0.4 is 10.6 Å². The van der Waals surface area contributed by atoms with Crippen molar-refractivity contribution in [2.45, 2.75) is 20.3 Å². The predicted molar refractivity (Wildman–Crippen MR) is 89.8 cm³/mol. The first-order chi connectivity index (χ1) is 10.1. The maximum atomic E-state index is 12.3. The maximum Gasteiger partial charge on any atom is 0.255 e. The molecule has 0 radical (unpaired) electrons. The van der Waals surface area contributed by atoms with E-state index in [-0.39, 0.29) is 5.91 Å². The lowest BCUT2D eigenvalue weighted by Crippen LogP contribution is -2.13. The molecule has 0 atom stereocenters. The third-order valence-corrected chi connectivity index (χ3v) is 3.86. The van der Waals surface area contributed by atoms with Crippen LogP contribution >= 0.6 is 15.9 Å². The number of hydrogen-bond donors (Lipinski definition) is 2. The molecular weight excluding hydrogens is 330 g/mol. The molecule has 110 valence electrons. The number of rotatable bonds is 5. The summed E-state index contributed by atoms with van der Waals surface area (Å²) < 4.78 is 0.973. The van der Waals surface area contributed by atoms with Gasteiger partial charge >= 0.3 is 0 Å².